The van der Waals surface area contributed by atoms with Crippen molar-refractivity contribution in [1.29, 1.82) is 0 Å². The zero-order valence-corrected chi connectivity index (χ0v) is 12.2. The molecule has 0 aliphatic carbocycles. The minimum atomic E-state index is -4.59. The van der Waals surface area contributed by atoms with Crippen LogP contribution >= 0.6 is 7.14 Å². The van der Waals surface area contributed by atoms with E-state index in [1.165, 1.54) is 0 Å². The highest BCUT2D eigenvalue weighted by Gasteiger charge is 2.55. The van der Waals surface area contributed by atoms with Gasteiger partial charge in [0.15, 0.2) is 6.10 Å². The number of aliphatic hydroxyl groups is 1. The van der Waals surface area contributed by atoms with Gasteiger partial charge in [0, 0.05) is 0 Å². The van der Waals surface area contributed by atoms with Crippen LogP contribution in [0.15, 0.2) is 30.3 Å². The van der Waals surface area contributed by atoms with Gasteiger partial charge in [-0.25, -0.2) is 0 Å². The molecule has 1 fully saturated rings. The Bertz CT molecular complexity index is 453. The zero-order chi connectivity index (χ0) is 15.0. The molecule has 4 atom stereocenters. The van der Waals surface area contributed by atoms with E-state index in [1.807, 2.05) is 37.3 Å². The smallest absolute Gasteiger partial charge is 0.381 e. The fourth-order valence-corrected chi connectivity index (χ4v) is 7.04. The second-order valence-electron chi connectivity index (χ2n) is 5.59. The lowest BCUT2D eigenvalue weighted by Gasteiger charge is -2.32. The number of hydrogen-bond donors (Lipinski definition) is 1. The van der Waals surface area contributed by atoms with Gasteiger partial charge < -0.3 is 5.11 Å². The van der Waals surface area contributed by atoms with Crippen LogP contribution in [0.4, 0.5) is 13.2 Å². The van der Waals surface area contributed by atoms with Crippen molar-refractivity contribution < 1.29 is 18.3 Å². The molecule has 0 bridgehead atoms. The summed E-state index contributed by atoms with van der Waals surface area (Å²) in [5.41, 5.74) is 1.03. The summed E-state index contributed by atoms with van der Waals surface area (Å²) < 4.78 is 37.9. The Morgan fingerprint density at radius 3 is 2.45 bits per heavy atom. The molecule has 0 spiro atoms. The van der Waals surface area contributed by atoms with Crippen molar-refractivity contribution >= 4 is 14.7 Å². The average Bonchev–Trinajstić information content (AvgIpc) is 2.66. The minimum Gasteiger partial charge on any atom is -0.381 e. The number of rotatable bonds is 3. The van der Waals surface area contributed by atoms with Crippen LogP contribution in [0.1, 0.15) is 31.0 Å². The Morgan fingerprint density at radius 1 is 1.30 bits per heavy atom. The molecule has 1 N–H and O–H groups in total. The molecule has 1 aliphatic heterocycles. The van der Waals surface area contributed by atoms with Crippen LogP contribution in [0.25, 0.3) is 0 Å². The van der Waals surface area contributed by atoms with E-state index >= 15 is 0 Å². The Morgan fingerprint density at radius 2 is 1.90 bits per heavy atom. The van der Waals surface area contributed by atoms with E-state index in [9.17, 15) is 18.3 Å². The summed E-state index contributed by atoms with van der Waals surface area (Å²) in [6, 6.07) is 9.48. The topological polar surface area (TPSA) is 20.2 Å². The Kier molecular flexibility index (Phi) is 4.51. The van der Waals surface area contributed by atoms with Crippen LogP contribution < -0.4 is 0 Å². The molecule has 2 rings (SSSR count). The lowest BCUT2D eigenvalue weighted by atomic mass is 10.1. The van der Waals surface area contributed by atoms with E-state index in [4.69, 9.17) is 7.57 Å². The van der Waals surface area contributed by atoms with Crippen molar-refractivity contribution in [2.45, 2.75) is 43.4 Å². The first-order valence-electron chi connectivity index (χ1n) is 6.71. The molecular formula is C14H18BF3OP+. The summed E-state index contributed by atoms with van der Waals surface area (Å²) in [6.45, 7) is 1.92. The van der Waals surface area contributed by atoms with Crippen molar-refractivity contribution in [3.8, 4) is 0 Å². The van der Waals surface area contributed by atoms with Gasteiger partial charge in [0.1, 0.15) is 0 Å². The second-order valence-corrected chi connectivity index (χ2v) is 9.45. The van der Waals surface area contributed by atoms with E-state index in [-0.39, 0.29) is 17.5 Å². The predicted octanol–water partition coefficient (Wildman–Crippen LogP) is 3.93. The quantitative estimate of drug-likeness (QED) is 0.662. The molecule has 20 heavy (non-hydrogen) atoms. The van der Waals surface area contributed by atoms with Gasteiger partial charge in [-0.1, -0.05) is 30.3 Å². The molecule has 1 heterocycles. The molecular weight excluding hydrogens is 283 g/mol. The summed E-state index contributed by atoms with van der Waals surface area (Å²) in [5.74, 6) is 0. The Balaban J connectivity index is 2.25. The zero-order valence-electron chi connectivity index (χ0n) is 11.3. The third kappa shape index (κ3) is 3.04. The fraction of sp³-hybridized carbons (Fsp3) is 0.571. The molecule has 6 heteroatoms. The second kappa shape index (κ2) is 5.69. The number of benzene rings is 1. The summed E-state index contributed by atoms with van der Waals surface area (Å²) in [6.07, 6.45) is -5.60. The van der Waals surface area contributed by atoms with Crippen LogP contribution in [-0.4, -0.2) is 36.8 Å². The van der Waals surface area contributed by atoms with Gasteiger partial charge >= 0.3 is 13.7 Å². The fourth-order valence-electron chi connectivity index (χ4n) is 3.02. The maximum atomic E-state index is 12.6. The number of alkyl halides is 3. The van der Waals surface area contributed by atoms with Crippen molar-refractivity contribution in [1.82, 2.24) is 0 Å². The van der Waals surface area contributed by atoms with E-state index in [0.717, 1.165) is 18.4 Å². The average molecular weight is 301 g/mol. The first-order valence-corrected chi connectivity index (χ1v) is 8.89. The van der Waals surface area contributed by atoms with Gasteiger partial charge in [-0.15, -0.1) is 0 Å². The lowest BCUT2D eigenvalue weighted by Crippen LogP contribution is -2.34. The number of hydrogen-bond acceptors (Lipinski definition) is 1. The molecule has 0 aromatic heterocycles. The lowest BCUT2D eigenvalue weighted by molar-refractivity contribution is -0.196. The Labute approximate surface area is 119 Å². The molecule has 1 saturated heterocycles. The molecule has 1 aromatic rings. The summed E-state index contributed by atoms with van der Waals surface area (Å²) in [7, 11) is 4.06. The highest BCUT2D eigenvalue weighted by atomic mass is 31.2. The predicted molar refractivity (Wildman–Crippen MR) is 77.5 cm³/mol. The van der Waals surface area contributed by atoms with Crippen LogP contribution in [0.3, 0.4) is 0 Å². The number of halogens is 3. The summed E-state index contributed by atoms with van der Waals surface area (Å²) in [4.78, 5) is 0. The summed E-state index contributed by atoms with van der Waals surface area (Å²) in [5, 5.41) is 9.42. The van der Waals surface area contributed by atoms with Crippen molar-refractivity contribution in [2.75, 3.05) is 6.16 Å². The van der Waals surface area contributed by atoms with Gasteiger partial charge in [-0.05, 0) is 32.5 Å². The molecule has 3 unspecified atom stereocenters. The van der Waals surface area contributed by atoms with Gasteiger partial charge in [0.05, 0.1) is 17.5 Å². The van der Waals surface area contributed by atoms with Crippen molar-refractivity contribution in [2.24, 2.45) is 0 Å². The number of aliphatic hydroxyl groups excluding tert-OH is 1. The van der Waals surface area contributed by atoms with Crippen LogP contribution in [0, 0.1) is 0 Å². The highest BCUT2D eigenvalue weighted by Crippen LogP contribution is 2.76. The normalized spacial score (nSPS) is 32.2. The van der Waals surface area contributed by atoms with Gasteiger partial charge in [-0.3, -0.25) is 0 Å². The van der Waals surface area contributed by atoms with E-state index in [2.05, 4.69) is 0 Å². The third-order valence-electron chi connectivity index (χ3n) is 4.31. The van der Waals surface area contributed by atoms with Crippen molar-refractivity contribution in [3.63, 3.8) is 0 Å². The van der Waals surface area contributed by atoms with Crippen LogP contribution in [0.5, 0.6) is 0 Å². The summed E-state index contributed by atoms with van der Waals surface area (Å²) >= 11 is 0. The van der Waals surface area contributed by atoms with E-state index < -0.39 is 19.4 Å². The first-order chi connectivity index (χ1) is 9.25. The van der Waals surface area contributed by atoms with Gasteiger partial charge in [0.25, 0.3) is 0 Å². The van der Waals surface area contributed by atoms with E-state index in [1.54, 1.807) is 0 Å². The molecule has 0 saturated carbocycles. The maximum absolute atomic E-state index is 12.6. The molecule has 0 amide bonds. The molecule has 1 aromatic carbocycles. The highest BCUT2D eigenvalue weighted by molar-refractivity contribution is 7.98. The SMILES string of the molecule is [B][P+]1(CC(O)C(F)(F)F)C(C)CC[C@@H]1c1ccccc1. The first kappa shape index (κ1) is 15.8. The molecule has 2 radical (unpaired) electrons. The largest absolute Gasteiger partial charge is 0.417 e. The van der Waals surface area contributed by atoms with Gasteiger partial charge in [0.2, 0.25) is 0 Å². The molecule has 1 aliphatic rings. The van der Waals surface area contributed by atoms with Crippen LogP contribution in [0.2, 0.25) is 0 Å². The monoisotopic (exact) mass is 301 g/mol. The third-order valence-corrected chi connectivity index (χ3v) is 8.90. The standard InChI is InChI=1S/C14H18BF3OP/c1-10-7-8-12(11-5-3-2-4-6-11)20(10,15)9-13(19)14(16,17)18/h2-6,10,12-13,19H,7-9H2,1H3/q+1/t10?,12-,13?,20?/m1/s1. The maximum Gasteiger partial charge on any atom is 0.417 e. The van der Waals surface area contributed by atoms with Crippen molar-refractivity contribution in [3.05, 3.63) is 35.9 Å². The van der Waals surface area contributed by atoms with Gasteiger partial charge in [-0.2, -0.15) is 13.2 Å². The van der Waals surface area contributed by atoms with Crippen LogP contribution in [-0.2, 0) is 0 Å². The molecule has 108 valence electrons. The molecule has 1 nitrogen and oxygen atoms in total. The van der Waals surface area contributed by atoms with E-state index in [0.29, 0.717) is 0 Å². The minimum absolute atomic E-state index is 0.0318. The Hall–Kier alpha value is -0.535.